The zero-order valence-corrected chi connectivity index (χ0v) is 15.4. The van der Waals surface area contributed by atoms with Crippen LogP contribution in [-0.4, -0.2) is 67.1 Å². The van der Waals surface area contributed by atoms with Crippen LogP contribution in [0.1, 0.15) is 19.8 Å². The minimum absolute atomic E-state index is 0.0281. The molecule has 4 N–H and O–H groups in total. The summed E-state index contributed by atoms with van der Waals surface area (Å²) in [4.78, 5) is 17.5. The lowest BCUT2D eigenvalue weighted by Gasteiger charge is -2.31. The van der Waals surface area contributed by atoms with Gasteiger partial charge in [0, 0.05) is 19.1 Å². The van der Waals surface area contributed by atoms with Crippen LogP contribution in [0, 0.1) is 5.82 Å². The summed E-state index contributed by atoms with van der Waals surface area (Å²) in [7, 11) is 0. The molecule has 2 rings (SSSR count). The van der Waals surface area contributed by atoms with E-state index in [4.69, 9.17) is 15.2 Å². The van der Waals surface area contributed by atoms with Crippen LogP contribution in [0.15, 0.2) is 29.3 Å². The van der Waals surface area contributed by atoms with Gasteiger partial charge in [0.2, 0.25) is 0 Å². The van der Waals surface area contributed by atoms with Crippen molar-refractivity contribution >= 4 is 12.1 Å². The number of nitrogens with one attached hydrogen (secondary N) is 1. The number of nitrogens with two attached hydrogens (primary N) is 1. The third-order valence-corrected chi connectivity index (χ3v) is 4.10. The Balaban J connectivity index is 1.66. The van der Waals surface area contributed by atoms with Gasteiger partial charge in [0.15, 0.2) is 5.96 Å². The number of likely N-dealkylation sites (tertiary alicyclic amines) is 1. The number of piperidine rings is 1. The van der Waals surface area contributed by atoms with E-state index in [2.05, 4.69) is 10.3 Å². The Morgan fingerprint density at radius 1 is 1.41 bits per heavy atom. The van der Waals surface area contributed by atoms with Gasteiger partial charge in [-0.05, 0) is 44.0 Å². The number of amides is 1. The summed E-state index contributed by atoms with van der Waals surface area (Å²) in [5, 5.41) is 13.0. The van der Waals surface area contributed by atoms with Crippen molar-refractivity contribution in [3.8, 4) is 5.75 Å². The average Bonchev–Trinajstić information content (AvgIpc) is 2.66. The Morgan fingerprint density at radius 2 is 2.07 bits per heavy atom. The molecule has 27 heavy (non-hydrogen) atoms. The topological polar surface area (TPSA) is 109 Å². The first-order valence-corrected chi connectivity index (χ1v) is 9.02. The summed E-state index contributed by atoms with van der Waals surface area (Å²) in [6.45, 7) is 3.45. The first-order chi connectivity index (χ1) is 13.0. The largest absolute Gasteiger partial charge is 0.491 e. The van der Waals surface area contributed by atoms with E-state index >= 15 is 0 Å². The molecule has 1 aromatic rings. The van der Waals surface area contributed by atoms with Crippen molar-refractivity contribution in [3.63, 3.8) is 0 Å². The lowest BCUT2D eigenvalue weighted by atomic mass is 10.1. The number of nitrogens with zero attached hydrogens (tertiary/aromatic N) is 2. The summed E-state index contributed by atoms with van der Waals surface area (Å²) in [5.74, 6) is 0.365. The highest BCUT2D eigenvalue weighted by atomic mass is 19.1. The predicted octanol–water partition coefficient (Wildman–Crippen LogP) is 1.09. The first-order valence-electron chi connectivity index (χ1n) is 9.02. The van der Waals surface area contributed by atoms with Gasteiger partial charge in [-0.25, -0.2) is 9.18 Å². The van der Waals surface area contributed by atoms with Crippen molar-refractivity contribution in [1.82, 2.24) is 10.2 Å². The van der Waals surface area contributed by atoms with Crippen LogP contribution >= 0.6 is 0 Å². The van der Waals surface area contributed by atoms with Gasteiger partial charge in [0.05, 0.1) is 13.2 Å². The van der Waals surface area contributed by atoms with Crippen LogP contribution in [0.2, 0.25) is 0 Å². The number of hydrogen-bond donors (Lipinski definition) is 3. The number of hydrogen-bond acceptors (Lipinski definition) is 5. The van der Waals surface area contributed by atoms with E-state index in [-0.39, 0.29) is 37.1 Å². The van der Waals surface area contributed by atoms with Crippen molar-refractivity contribution in [1.29, 1.82) is 0 Å². The lowest BCUT2D eigenvalue weighted by Crippen LogP contribution is -2.48. The van der Waals surface area contributed by atoms with Crippen molar-refractivity contribution < 1.29 is 23.8 Å². The van der Waals surface area contributed by atoms with E-state index in [0.717, 1.165) is 12.8 Å². The quantitative estimate of drug-likeness (QED) is 0.481. The number of rotatable bonds is 7. The molecular weight excluding hydrogens is 355 g/mol. The fraction of sp³-hybridized carbons (Fsp3) is 0.556. The molecule has 9 heteroatoms. The molecular formula is C18H27FN4O4. The standard InChI is InChI=1S/C18H27FN4O4/c1-2-26-18(25)23-9-7-14(8-10-23)22-17(20)21-11-15(24)12-27-16-5-3-13(19)4-6-16/h3-6,14-15,24H,2,7-12H2,1H3,(H3,20,21,22). The molecule has 1 aliphatic rings. The molecule has 1 atom stereocenters. The monoisotopic (exact) mass is 382 g/mol. The van der Waals surface area contributed by atoms with Gasteiger partial charge in [0.25, 0.3) is 0 Å². The van der Waals surface area contributed by atoms with Gasteiger partial charge in [-0.1, -0.05) is 0 Å². The van der Waals surface area contributed by atoms with E-state index < -0.39 is 6.10 Å². The van der Waals surface area contributed by atoms with E-state index in [1.807, 2.05) is 0 Å². The molecule has 1 fully saturated rings. The number of aliphatic hydroxyl groups excluding tert-OH is 1. The number of halogens is 1. The van der Waals surface area contributed by atoms with Crippen LogP contribution in [0.5, 0.6) is 5.75 Å². The van der Waals surface area contributed by atoms with Gasteiger partial charge >= 0.3 is 6.09 Å². The number of carbonyl (C=O) groups is 1. The number of aliphatic imine (C=N–C) groups is 1. The van der Waals surface area contributed by atoms with E-state index in [1.165, 1.54) is 24.3 Å². The zero-order valence-electron chi connectivity index (χ0n) is 15.4. The van der Waals surface area contributed by atoms with E-state index in [1.54, 1.807) is 11.8 Å². The summed E-state index contributed by atoms with van der Waals surface area (Å²) in [6, 6.07) is 5.67. The molecule has 1 aliphatic heterocycles. The highest BCUT2D eigenvalue weighted by molar-refractivity contribution is 5.78. The van der Waals surface area contributed by atoms with Crippen LogP contribution in [0.4, 0.5) is 9.18 Å². The second-order valence-corrected chi connectivity index (χ2v) is 6.25. The van der Waals surface area contributed by atoms with Crippen molar-refractivity contribution in [2.24, 2.45) is 10.7 Å². The fourth-order valence-electron chi connectivity index (χ4n) is 2.66. The second-order valence-electron chi connectivity index (χ2n) is 6.25. The van der Waals surface area contributed by atoms with Crippen molar-refractivity contribution in [2.75, 3.05) is 32.8 Å². The molecule has 8 nitrogen and oxygen atoms in total. The van der Waals surface area contributed by atoms with Gasteiger partial charge in [-0.2, -0.15) is 0 Å². The Hall–Kier alpha value is -2.55. The zero-order chi connectivity index (χ0) is 19.6. The number of ether oxygens (including phenoxy) is 2. The van der Waals surface area contributed by atoms with Gasteiger partial charge in [-0.3, -0.25) is 4.99 Å². The van der Waals surface area contributed by atoms with Crippen molar-refractivity contribution in [3.05, 3.63) is 30.1 Å². The normalized spacial score (nSPS) is 16.7. The molecule has 0 bridgehead atoms. The summed E-state index contributed by atoms with van der Waals surface area (Å²) in [6.07, 6.45) is 0.360. The Kier molecular flexibility index (Phi) is 8.12. The number of guanidine groups is 1. The first kappa shape index (κ1) is 20.8. The number of aliphatic hydroxyl groups is 1. The summed E-state index contributed by atoms with van der Waals surface area (Å²) >= 11 is 0. The van der Waals surface area contributed by atoms with Crippen LogP contribution in [-0.2, 0) is 4.74 Å². The maximum absolute atomic E-state index is 12.8. The predicted molar refractivity (Wildman–Crippen MR) is 99.1 cm³/mol. The molecule has 0 aromatic heterocycles. The van der Waals surface area contributed by atoms with E-state index in [9.17, 15) is 14.3 Å². The van der Waals surface area contributed by atoms with Crippen LogP contribution in [0.25, 0.3) is 0 Å². The maximum atomic E-state index is 12.8. The fourth-order valence-corrected chi connectivity index (χ4v) is 2.66. The maximum Gasteiger partial charge on any atom is 0.409 e. The molecule has 1 heterocycles. The van der Waals surface area contributed by atoms with Gasteiger partial charge in [-0.15, -0.1) is 0 Å². The summed E-state index contributed by atoms with van der Waals surface area (Å²) in [5.41, 5.74) is 5.86. The Morgan fingerprint density at radius 3 is 2.70 bits per heavy atom. The summed E-state index contributed by atoms with van der Waals surface area (Å²) < 4.78 is 23.2. The SMILES string of the molecule is CCOC(=O)N1CCC(NC(N)=NCC(O)COc2ccc(F)cc2)CC1. The average molecular weight is 382 g/mol. The van der Waals surface area contributed by atoms with Crippen molar-refractivity contribution in [2.45, 2.75) is 31.9 Å². The number of benzene rings is 1. The lowest BCUT2D eigenvalue weighted by molar-refractivity contribution is 0.0962. The minimum Gasteiger partial charge on any atom is -0.491 e. The third-order valence-electron chi connectivity index (χ3n) is 4.10. The highest BCUT2D eigenvalue weighted by Gasteiger charge is 2.23. The number of carbonyl (C=O) groups excluding carboxylic acids is 1. The second kappa shape index (κ2) is 10.6. The molecule has 0 aliphatic carbocycles. The van der Waals surface area contributed by atoms with Gasteiger partial charge < -0.3 is 30.5 Å². The molecule has 0 saturated carbocycles. The molecule has 0 radical (unpaired) electrons. The molecule has 150 valence electrons. The molecule has 1 saturated heterocycles. The molecule has 0 spiro atoms. The molecule has 1 unspecified atom stereocenters. The smallest absolute Gasteiger partial charge is 0.409 e. The Bertz CT molecular complexity index is 618. The third kappa shape index (κ3) is 7.30. The van der Waals surface area contributed by atoms with Gasteiger partial charge in [0.1, 0.15) is 24.3 Å². The highest BCUT2D eigenvalue weighted by Crippen LogP contribution is 2.12. The molecule has 1 amide bonds. The molecule has 1 aromatic carbocycles. The van der Waals surface area contributed by atoms with Crippen LogP contribution < -0.4 is 15.8 Å². The van der Waals surface area contributed by atoms with Crippen LogP contribution in [0.3, 0.4) is 0 Å². The Labute approximate surface area is 158 Å². The minimum atomic E-state index is -0.832. The van der Waals surface area contributed by atoms with E-state index in [0.29, 0.717) is 25.4 Å².